The van der Waals surface area contributed by atoms with Crippen LogP contribution >= 0.6 is 0 Å². The summed E-state index contributed by atoms with van der Waals surface area (Å²) in [7, 11) is 3.16. The second-order valence-electron chi connectivity index (χ2n) is 6.73. The fourth-order valence-electron chi connectivity index (χ4n) is 4.20. The van der Waals surface area contributed by atoms with Crippen LogP contribution in [0.25, 0.3) is 0 Å². The Hall–Kier alpha value is -2.40. The zero-order valence-corrected chi connectivity index (χ0v) is 14.6. The Balaban J connectivity index is 1.77. The van der Waals surface area contributed by atoms with E-state index in [1.54, 1.807) is 14.2 Å². The van der Waals surface area contributed by atoms with Gasteiger partial charge in [0.25, 0.3) is 0 Å². The molecule has 0 radical (unpaired) electrons. The van der Waals surface area contributed by atoms with Crippen LogP contribution in [0.15, 0.2) is 24.3 Å². The molecule has 0 amide bonds. The topological polar surface area (TPSA) is 62.2 Å². The van der Waals surface area contributed by atoms with Gasteiger partial charge in [-0.05, 0) is 54.2 Å². The van der Waals surface area contributed by atoms with E-state index in [1.165, 1.54) is 5.56 Å². The normalized spacial score (nSPS) is 19.4. The first kappa shape index (κ1) is 16.1. The summed E-state index contributed by atoms with van der Waals surface area (Å²) >= 11 is 0. The van der Waals surface area contributed by atoms with Gasteiger partial charge in [-0.15, -0.1) is 0 Å². The van der Waals surface area contributed by atoms with Gasteiger partial charge in [0.1, 0.15) is 0 Å². The van der Waals surface area contributed by atoms with Crippen LogP contribution in [0.5, 0.6) is 23.0 Å². The molecule has 2 aliphatic heterocycles. The molecule has 0 aromatic heterocycles. The van der Waals surface area contributed by atoms with Crippen LogP contribution in [0.1, 0.15) is 28.3 Å². The first-order chi connectivity index (χ1) is 12.1. The van der Waals surface area contributed by atoms with Crippen LogP contribution in [-0.2, 0) is 19.3 Å². The molecule has 4 rings (SSSR count). The number of phenols is 2. The second kappa shape index (κ2) is 6.15. The number of hydrogen-bond donors (Lipinski definition) is 2. The Morgan fingerprint density at radius 2 is 1.72 bits per heavy atom. The molecule has 5 nitrogen and oxygen atoms in total. The van der Waals surface area contributed by atoms with E-state index < -0.39 is 0 Å². The summed E-state index contributed by atoms with van der Waals surface area (Å²) in [5.41, 5.74) is 4.52. The molecule has 0 bridgehead atoms. The maximum absolute atomic E-state index is 10.5. The molecule has 0 saturated heterocycles. The number of phenolic OH excluding ortho intramolecular Hbond substituents is 2. The van der Waals surface area contributed by atoms with E-state index in [9.17, 15) is 10.2 Å². The molecule has 2 aromatic carbocycles. The van der Waals surface area contributed by atoms with Crippen molar-refractivity contribution in [2.75, 3.05) is 27.3 Å². The Bertz CT molecular complexity index is 818. The molecular formula is C20H23NO4. The molecule has 25 heavy (non-hydrogen) atoms. The molecule has 1 atom stereocenters. The molecule has 2 aromatic rings. The van der Waals surface area contributed by atoms with Gasteiger partial charge in [-0.3, -0.25) is 4.90 Å². The van der Waals surface area contributed by atoms with Crippen molar-refractivity contribution >= 4 is 0 Å². The summed E-state index contributed by atoms with van der Waals surface area (Å²) in [4.78, 5) is 2.44. The minimum absolute atomic E-state index is 0.185. The summed E-state index contributed by atoms with van der Waals surface area (Å²) in [6.07, 6.45) is 2.55. The number of methoxy groups -OCH3 is 2. The first-order valence-electron chi connectivity index (χ1n) is 8.64. The van der Waals surface area contributed by atoms with Crippen molar-refractivity contribution in [3.63, 3.8) is 0 Å². The minimum atomic E-state index is 0.185. The van der Waals surface area contributed by atoms with Gasteiger partial charge in [0.15, 0.2) is 23.0 Å². The summed E-state index contributed by atoms with van der Waals surface area (Å²) < 4.78 is 10.5. The summed E-state index contributed by atoms with van der Waals surface area (Å²) in [5.74, 6) is 1.51. The summed E-state index contributed by atoms with van der Waals surface area (Å²) in [6.45, 7) is 1.85. The largest absolute Gasteiger partial charge is 0.504 e. The van der Waals surface area contributed by atoms with Crippen LogP contribution < -0.4 is 9.47 Å². The van der Waals surface area contributed by atoms with Crippen molar-refractivity contribution < 1.29 is 19.7 Å². The average Bonchev–Trinajstić information content (AvgIpc) is 2.81. The predicted molar refractivity (Wildman–Crippen MR) is 94.7 cm³/mol. The van der Waals surface area contributed by atoms with Crippen LogP contribution in [-0.4, -0.2) is 42.4 Å². The molecule has 0 fully saturated rings. The molecular weight excluding hydrogens is 318 g/mol. The molecule has 0 saturated carbocycles. The maximum atomic E-state index is 10.5. The fraction of sp³-hybridized carbons (Fsp3) is 0.400. The number of nitrogens with zero attached hydrogens (tertiary/aromatic N) is 1. The van der Waals surface area contributed by atoms with Crippen molar-refractivity contribution in [2.45, 2.75) is 25.3 Å². The lowest BCUT2D eigenvalue weighted by Crippen LogP contribution is -2.36. The number of rotatable bonds is 2. The van der Waals surface area contributed by atoms with Gasteiger partial charge in [0.05, 0.1) is 14.2 Å². The molecule has 2 aliphatic rings. The summed E-state index contributed by atoms with van der Waals surface area (Å²) in [5, 5.41) is 20.7. The summed E-state index contributed by atoms with van der Waals surface area (Å²) in [6, 6.07) is 7.89. The number of aromatic hydroxyl groups is 2. The Labute approximate surface area is 147 Å². The van der Waals surface area contributed by atoms with E-state index in [2.05, 4.69) is 11.0 Å². The SMILES string of the molecule is COc1cc2c(cc1O)C1Cc3ccc(OC)c(O)c3CCN1CC2. The van der Waals surface area contributed by atoms with Gasteiger partial charge in [0.2, 0.25) is 0 Å². The zero-order valence-electron chi connectivity index (χ0n) is 14.6. The van der Waals surface area contributed by atoms with Crippen LogP contribution in [0, 0.1) is 0 Å². The average molecular weight is 341 g/mol. The number of ether oxygens (including phenoxy) is 2. The van der Waals surface area contributed by atoms with E-state index >= 15 is 0 Å². The van der Waals surface area contributed by atoms with Gasteiger partial charge in [-0.25, -0.2) is 0 Å². The molecule has 2 heterocycles. The lowest BCUT2D eigenvalue weighted by molar-refractivity contribution is 0.191. The Morgan fingerprint density at radius 3 is 2.48 bits per heavy atom. The van der Waals surface area contributed by atoms with Crippen molar-refractivity contribution in [1.29, 1.82) is 0 Å². The zero-order chi connectivity index (χ0) is 17.6. The van der Waals surface area contributed by atoms with Crippen molar-refractivity contribution in [3.05, 3.63) is 46.5 Å². The van der Waals surface area contributed by atoms with Gasteiger partial charge in [-0.1, -0.05) is 6.07 Å². The van der Waals surface area contributed by atoms with Crippen molar-refractivity contribution in [1.82, 2.24) is 4.90 Å². The molecule has 0 spiro atoms. The second-order valence-corrected chi connectivity index (χ2v) is 6.73. The van der Waals surface area contributed by atoms with Crippen LogP contribution in [0.3, 0.4) is 0 Å². The predicted octanol–water partition coefficient (Wildman–Crippen LogP) is 2.81. The molecule has 2 N–H and O–H groups in total. The number of benzene rings is 2. The van der Waals surface area contributed by atoms with Gasteiger partial charge in [0, 0.05) is 24.7 Å². The third-order valence-corrected chi connectivity index (χ3v) is 5.53. The Morgan fingerprint density at radius 1 is 0.960 bits per heavy atom. The monoisotopic (exact) mass is 341 g/mol. The van der Waals surface area contributed by atoms with Gasteiger partial charge >= 0.3 is 0 Å². The Kier molecular flexibility index (Phi) is 3.96. The van der Waals surface area contributed by atoms with Gasteiger partial charge in [-0.2, -0.15) is 0 Å². The first-order valence-corrected chi connectivity index (χ1v) is 8.64. The third-order valence-electron chi connectivity index (χ3n) is 5.53. The fourth-order valence-corrected chi connectivity index (χ4v) is 4.20. The third kappa shape index (κ3) is 2.59. The van der Waals surface area contributed by atoms with Gasteiger partial charge < -0.3 is 19.7 Å². The highest BCUT2D eigenvalue weighted by molar-refractivity contribution is 5.53. The van der Waals surface area contributed by atoms with E-state index in [4.69, 9.17) is 9.47 Å². The molecule has 1 unspecified atom stereocenters. The lowest BCUT2D eigenvalue weighted by Gasteiger charge is -2.36. The highest BCUT2D eigenvalue weighted by atomic mass is 16.5. The minimum Gasteiger partial charge on any atom is -0.504 e. The van der Waals surface area contributed by atoms with E-state index in [1.807, 2.05) is 18.2 Å². The highest BCUT2D eigenvalue weighted by Gasteiger charge is 2.32. The number of fused-ring (bicyclic) bond motifs is 4. The standard InChI is InChI=1S/C20H23NO4/c1-24-18-4-3-12-9-16-15-11-17(22)19(25-2)10-13(15)5-7-21(16)8-6-14(12)20(18)23/h3-4,10-11,16,22-23H,5-9H2,1-2H3. The van der Waals surface area contributed by atoms with Crippen LogP contribution in [0.2, 0.25) is 0 Å². The van der Waals surface area contributed by atoms with E-state index in [0.29, 0.717) is 11.5 Å². The quantitative estimate of drug-likeness (QED) is 0.879. The van der Waals surface area contributed by atoms with E-state index in [-0.39, 0.29) is 17.5 Å². The number of hydrogen-bond acceptors (Lipinski definition) is 5. The van der Waals surface area contributed by atoms with Crippen molar-refractivity contribution in [3.8, 4) is 23.0 Å². The maximum Gasteiger partial charge on any atom is 0.161 e. The lowest BCUT2D eigenvalue weighted by atomic mass is 9.88. The van der Waals surface area contributed by atoms with E-state index in [0.717, 1.165) is 49.0 Å². The molecule has 132 valence electrons. The highest BCUT2D eigenvalue weighted by Crippen LogP contribution is 2.43. The molecule has 5 heteroatoms. The van der Waals surface area contributed by atoms with Crippen LogP contribution in [0.4, 0.5) is 0 Å². The van der Waals surface area contributed by atoms with Crippen molar-refractivity contribution in [2.24, 2.45) is 0 Å². The smallest absolute Gasteiger partial charge is 0.161 e. The molecule has 0 aliphatic carbocycles.